The molecule has 1 N–H and O–H groups in total. The van der Waals surface area contributed by atoms with Gasteiger partial charge in [-0.2, -0.15) is 0 Å². The van der Waals surface area contributed by atoms with Gasteiger partial charge in [0, 0.05) is 29.1 Å². The molecular formula is C19H25NO. The lowest BCUT2D eigenvalue weighted by Gasteiger charge is -2.34. The van der Waals surface area contributed by atoms with E-state index in [1.165, 1.54) is 19.3 Å². The van der Waals surface area contributed by atoms with Crippen molar-refractivity contribution in [2.45, 2.75) is 58.2 Å². The van der Waals surface area contributed by atoms with Gasteiger partial charge in [-0.1, -0.05) is 43.3 Å². The molecule has 1 aliphatic heterocycles. The van der Waals surface area contributed by atoms with Crippen LogP contribution in [0.2, 0.25) is 0 Å². The second kappa shape index (κ2) is 5.69. The molecule has 2 heteroatoms. The van der Waals surface area contributed by atoms with E-state index in [0.29, 0.717) is 17.8 Å². The Morgan fingerprint density at radius 3 is 2.71 bits per heavy atom. The van der Waals surface area contributed by atoms with Gasteiger partial charge in [0.15, 0.2) is 0 Å². The van der Waals surface area contributed by atoms with E-state index in [-0.39, 0.29) is 6.04 Å². The number of aromatic hydroxyl groups is 1. The first-order chi connectivity index (χ1) is 10.1. The fourth-order valence-corrected chi connectivity index (χ4v) is 3.97. The van der Waals surface area contributed by atoms with Crippen LogP contribution in [-0.2, 0) is 0 Å². The summed E-state index contributed by atoms with van der Waals surface area (Å²) in [4.78, 5) is 2.59. The molecule has 1 saturated heterocycles. The van der Waals surface area contributed by atoms with Crippen molar-refractivity contribution in [3.05, 3.63) is 42.0 Å². The maximum absolute atomic E-state index is 10.7. The number of fused-ring (bicyclic) bond motifs is 1. The third-order valence-corrected chi connectivity index (χ3v) is 5.15. The monoisotopic (exact) mass is 283 g/mol. The summed E-state index contributed by atoms with van der Waals surface area (Å²) in [5.41, 5.74) is 1.06. The summed E-state index contributed by atoms with van der Waals surface area (Å²) in [6.45, 7) is 6.81. The molecule has 0 amide bonds. The Morgan fingerprint density at radius 2 is 1.95 bits per heavy atom. The minimum Gasteiger partial charge on any atom is -0.507 e. The van der Waals surface area contributed by atoms with Gasteiger partial charge in [0.1, 0.15) is 5.75 Å². The molecule has 0 saturated carbocycles. The molecule has 0 aromatic heterocycles. The first-order valence-corrected chi connectivity index (χ1v) is 8.11. The van der Waals surface area contributed by atoms with Crippen molar-refractivity contribution in [1.29, 1.82) is 0 Å². The molecule has 1 fully saturated rings. The van der Waals surface area contributed by atoms with Crippen molar-refractivity contribution in [2.75, 3.05) is 0 Å². The molecule has 2 aromatic carbocycles. The van der Waals surface area contributed by atoms with Gasteiger partial charge in [0.05, 0.1) is 0 Å². The lowest BCUT2D eigenvalue weighted by atomic mass is 9.99. The molecule has 1 aliphatic rings. The van der Waals surface area contributed by atoms with Gasteiger partial charge in [0.2, 0.25) is 0 Å². The SMILES string of the molecule is CCC1CCC(C)N1C(C)c1ccc2ccccc2c1O. The first-order valence-electron chi connectivity index (χ1n) is 8.11. The molecule has 2 nitrogen and oxygen atoms in total. The van der Waals surface area contributed by atoms with Crippen LogP contribution in [0.5, 0.6) is 5.75 Å². The van der Waals surface area contributed by atoms with Crippen molar-refractivity contribution in [3.63, 3.8) is 0 Å². The summed E-state index contributed by atoms with van der Waals surface area (Å²) in [6, 6.07) is 13.8. The second-order valence-electron chi connectivity index (χ2n) is 6.34. The van der Waals surface area contributed by atoms with Crippen LogP contribution in [-0.4, -0.2) is 22.1 Å². The molecular weight excluding hydrogens is 258 g/mol. The van der Waals surface area contributed by atoms with Gasteiger partial charge in [-0.3, -0.25) is 4.90 Å². The second-order valence-corrected chi connectivity index (χ2v) is 6.34. The highest BCUT2D eigenvalue weighted by molar-refractivity contribution is 5.89. The van der Waals surface area contributed by atoms with E-state index in [0.717, 1.165) is 16.3 Å². The minimum absolute atomic E-state index is 0.261. The van der Waals surface area contributed by atoms with Gasteiger partial charge >= 0.3 is 0 Å². The molecule has 3 unspecified atom stereocenters. The zero-order valence-electron chi connectivity index (χ0n) is 13.2. The highest BCUT2D eigenvalue weighted by Crippen LogP contribution is 2.40. The van der Waals surface area contributed by atoms with Crippen LogP contribution in [0, 0.1) is 0 Å². The summed E-state index contributed by atoms with van der Waals surface area (Å²) in [5, 5.41) is 12.8. The van der Waals surface area contributed by atoms with Crippen LogP contribution in [0.15, 0.2) is 36.4 Å². The number of likely N-dealkylation sites (tertiary alicyclic amines) is 1. The highest BCUT2D eigenvalue weighted by Gasteiger charge is 2.34. The number of phenols is 1. The van der Waals surface area contributed by atoms with Crippen molar-refractivity contribution in [1.82, 2.24) is 4.90 Å². The molecule has 3 atom stereocenters. The van der Waals surface area contributed by atoms with Gasteiger partial charge in [-0.25, -0.2) is 0 Å². The van der Waals surface area contributed by atoms with E-state index in [2.05, 4.69) is 43.9 Å². The average molecular weight is 283 g/mol. The van der Waals surface area contributed by atoms with Crippen LogP contribution in [0.4, 0.5) is 0 Å². The third kappa shape index (κ3) is 2.42. The van der Waals surface area contributed by atoms with Crippen LogP contribution in [0.3, 0.4) is 0 Å². The predicted octanol–water partition coefficient (Wildman–Crippen LogP) is 4.87. The maximum Gasteiger partial charge on any atom is 0.128 e. The lowest BCUT2D eigenvalue weighted by molar-refractivity contribution is 0.142. The smallest absolute Gasteiger partial charge is 0.128 e. The fourth-order valence-electron chi connectivity index (χ4n) is 3.97. The highest BCUT2D eigenvalue weighted by atomic mass is 16.3. The van der Waals surface area contributed by atoms with E-state index >= 15 is 0 Å². The first kappa shape index (κ1) is 14.4. The zero-order valence-corrected chi connectivity index (χ0v) is 13.2. The molecule has 21 heavy (non-hydrogen) atoms. The van der Waals surface area contributed by atoms with Gasteiger partial charge in [-0.05, 0) is 38.5 Å². The standard InChI is InChI=1S/C19H25NO/c1-4-16-11-9-13(2)20(16)14(3)17-12-10-15-7-5-6-8-18(15)19(17)21/h5-8,10,12-14,16,21H,4,9,11H2,1-3H3. The van der Waals surface area contributed by atoms with Crippen molar-refractivity contribution < 1.29 is 5.11 Å². The van der Waals surface area contributed by atoms with E-state index < -0.39 is 0 Å². The average Bonchev–Trinajstić information content (AvgIpc) is 2.88. The molecule has 1 heterocycles. The van der Waals surface area contributed by atoms with E-state index in [1.807, 2.05) is 18.2 Å². The van der Waals surface area contributed by atoms with Gasteiger partial charge in [-0.15, -0.1) is 0 Å². The summed E-state index contributed by atoms with van der Waals surface area (Å²) in [5.74, 6) is 0.453. The molecule has 112 valence electrons. The molecule has 2 aromatic rings. The Bertz CT molecular complexity index is 636. The number of hydrogen-bond acceptors (Lipinski definition) is 2. The topological polar surface area (TPSA) is 23.5 Å². The Labute approximate surface area is 127 Å². The van der Waals surface area contributed by atoms with Crippen LogP contribution < -0.4 is 0 Å². The number of benzene rings is 2. The number of rotatable bonds is 3. The molecule has 0 radical (unpaired) electrons. The summed E-state index contributed by atoms with van der Waals surface area (Å²) in [7, 11) is 0. The Hall–Kier alpha value is -1.54. The van der Waals surface area contributed by atoms with E-state index in [4.69, 9.17) is 0 Å². The normalized spacial score (nSPS) is 24.5. The Balaban J connectivity index is 2.01. The molecule has 0 bridgehead atoms. The molecule has 0 spiro atoms. The van der Waals surface area contributed by atoms with Crippen LogP contribution in [0.25, 0.3) is 10.8 Å². The van der Waals surface area contributed by atoms with Crippen molar-refractivity contribution >= 4 is 10.8 Å². The molecule has 3 rings (SSSR count). The lowest BCUT2D eigenvalue weighted by Crippen LogP contribution is -2.36. The number of hydrogen-bond donors (Lipinski definition) is 1. The summed E-state index contributed by atoms with van der Waals surface area (Å²) in [6.07, 6.45) is 3.72. The quantitative estimate of drug-likeness (QED) is 0.868. The van der Waals surface area contributed by atoms with Gasteiger partial charge < -0.3 is 5.11 Å². The third-order valence-electron chi connectivity index (χ3n) is 5.15. The largest absolute Gasteiger partial charge is 0.507 e. The number of nitrogens with zero attached hydrogens (tertiary/aromatic N) is 1. The maximum atomic E-state index is 10.7. The van der Waals surface area contributed by atoms with E-state index in [1.54, 1.807) is 0 Å². The zero-order chi connectivity index (χ0) is 15.0. The Kier molecular flexibility index (Phi) is 3.90. The minimum atomic E-state index is 0.261. The molecule has 0 aliphatic carbocycles. The van der Waals surface area contributed by atoms with Gasteiger partial charge in [0.25, 0.3) is 0 Å². The van der Waals surface area contributed by atoms with Crippen LogP contribution in [0.1, 0.15) is 51.6 Å². The predicted molar refractivity (Wildman–Crippen MR) is 88.6 cm³/mol. The van der Waals surface area contributed by atoms with Crippen molar-refractivity contribution in [3.8, 4) is 5.75 Å². The summed E-state index contributed by atoms with van der Waals surface area (Å²) >= 11 is 0. The summed E-state index contributed by atoms with van der Waals surface area (Å²) < 4.78 is 0. The Morgan fingerprint density at radius 1 is 1.19 bits per heavy atom. The number of phenolic OH excluding ortho intramolecular Hbond substituents is 1. The van der Waals surface area contributed by atoms with Crippen LogP contribution >= 0.6 is 0 Å². The fraction of sp³-hybridized carbons (Fsp3) is 0.474. The van der Waals surface area contributed by atoms with E-state index in [9.17, 15) is 5.11 Å². The van der Waals surface area contributed by atoms with Crippen molar-refractivity contribution in [2.24, 2.45) is 0 Å².